The number of fused-ring (bicyclic) bond motifs is 1. The lowest BCUT2D eigenvalue weighted by Crippen LogP contribution is -2.02. The minimum Gasteiger partial charge on any atom is -0.397 e. The molecule has 0 bridgehead atoms. The Bertz CT molecular complexity index is 1210. The topological polar surface area (TPSA) is 146 Å². The van der Waals surface area contributed by atoms with Crippen LogP contribution in [0.3, 0.4) is 0 Å². The Kier molecular flexibility index (Phi) is 12.0. The Morgan fingerprint density at radius 3 is 1.91 bits per heavy atom. The molecule has 1 aromatic heterocycles. The number of hydrogen-bond donors (Lipinski definition) is 2. The summed E-state index contributed by atoms with van der Waals surface area (Å²) in [5.41, 5.74) is 22.4. The van der Waals surface area contributed by atoms with Gasteiger partial charge in [-0.3, -0.25) is 9.98 Å². The van der Waals surface area contributed by atoms with Gasteiger partial charge < -0.3 is 11.5 Å². The Morgan fingerprint density at radius 2 is 1.37 bits per heavy atom. The summed E-state index contributed by atoms with van der Waals surface area (Å²) >= 11 is 0. The number of benzene rings is 2. The van der Waals surface area contributed by atoms with E-state index in [9.17, 15) is 0 Å². The molecule has 2 aromatic carbocycles. The van der Waals surface area contributed by atoms with Crippen molar-refractivity contribution in [1.82, 2.24) is 4.98 Å². The standard InChI is InChI=1S/C16H16N2.C9H14N2.2CO2/c1-3-12-9-13-10-16(14-6-4-5-7-17-14)18-15(13)8-11(12)2;1-3-7-5-9(11)8(10)4-6(7)2;2*2-1-3/h4-9H,3,10H2,1-2H3;4-5H,3,10-11H2,1-2H3;;. The molecule has 3 aromatic rings. The molecule has 0 radical (unpaired) electrons. The van der Waals surface area contributed by atoms with E-state index in [0.717, 1.165) is 36.4 Å². The minimum absolute atomic E-state index is 0.250. The van der Waals surface area contributed by atoms with Gasteiger partial charge in [-0.1, -0.05) is 26.0 Å². The summed E-state index contributed by atoms with van der Waals surface area (Å²) in [6.07, 6.45) is 5.32. The molecule has 1 aliphatic heterocycles. The smallest absolute Gasteiger partial charge is 0.373 e. The van der Waals surface area contributed by atoms with E-state index in [1.165, 1.54) is 27.8 Å². The monoisotopic (exact) mass is 474 g/mol. The number of aliphatic imine (C=N–C) groups is 1. The van der Waals surface area contributed by atoms with Gasteiger partial charge in [-0.2, -0.15) is 19.2 Å². The van der Waals surface area contributed by atoms with Crippen molar-refractivity contribution in [2.24, 2.45) is 4.99 Å². The van der Waals surface area contributed by atoms with Crippen molar-refractivity contribution >= 4 is 35.1 Å². The number of aromatic nitrogens is 1. The zero-order valence-corrected chi connectivity index (χ0v) is 20.4. The normalized spacial score (nSPS) is 10.5. The van der Waals surface area contributed by atoms with Crippen LogP contribution in [0.15, 0.2) is 53.7 Å². The van der Waals surface area contributed by atoms with Gasteiger partial charge in [0, 0.05) is 12.6 Å². The highest BCUT2D eigenvalue weighted by atomic mass is 16.2. The van der Waals surface area contributed by atoms with Gasteiger partial charge in [-0.15, -0.1) is 0 Å². The molecule has 182 valence electrons. The molecule has 2 heterocycles. The molecule has 1 aliphatic rings. The maximum absolute atomic E-state index is 8.12. The van der Waals surface area contributed by atoms with Crippen LogP contribution in [-0.2, 0) is 38.4 Å². The summed E-state index contributed by atoms with van der Waals surface area (Å²) in [5, 5.41) is 0. The van der Waals surface area contributed by atoms with E-state index in [-0.39, 0.29) is 12.3 Å². The Morgan fingerprint density at radius 1 is 0.829 bits per heavy atom. The largest absolute Gasteiger partial charge is 0.397 e. The number of carbonyl (C=O) groups excluding carboxylic acids is 4. The molecular formula is C27H30N4O4. The number of nitrogen functional groups attached to an aromatic ring is 2. The molecule has 0 aliphatic carbocycles. The van der Waals surface area contributed by atoms with Crippen molar-refractivity contribution in [3.05, 3.63) is 82.2 Å². The molecule has 0 saturated carbocycles. The van der Waals surface area contributed by atoms with Crippen molar-refractivity contribution in [3.63, 3.8) is 0 Å². The second kappa shape index (κ2) is 14.7. The van der Waals surface area contributed by atoms with Crippen molar-refractivity contribution in [3.8, 4) is 0 Å². The number of aryl methyl sites for hydroxylation is 4. The molecule has 0 unspecified atom stereocenters. The van der Waals surface area contributed by atoms with Crippen molar-refractivity contribution in [2.75, 3.05) is 11.5 Å². The number of nitrogens with two attached hydrogens (primary N) is 2. The van der Waals surface area contributed by atoms with Gasteiger partial charge in [-0.25, -0.2) is 0 Å². The van der Waals surface area contributed by atoms with Gasteiger partial charge in [0.2, 0.25) is 0 Å². The number of nitrogens with zero attached hydrogens (tertiary/aromatic N) is 2. The highest BCUT2D eigenvalue weighted by molar-refractivity contribution is 6.05. The summed E-state index contributed by atoms with van der Waals surface area (Å²) < 4.78 is 0. The fourth-order valence-electron chi connectivity index (χ4n) is 3.64. The van der Waals surface area contributed by atoms with Crippen LogP contribution in [0, 0.1) is 13.8 Å². The van der Waals surface area contributed by atoms with Gasteiger partial charge in [0.1, 0.15) is 0 Å². The van der Waals surface area contributed by atoms with Crippen LogP contribution in [0.2, 0.25) is 0 Å². The van der Waals surface area contributed by atoms with Crippen LogP contribution in [0.1, 0.15) is 47.4 Å². The molecule has 35 heavy (non-hydrogen) atoms. The third-order valence-electron chi connectivity index (χ3n) is 5.41. The maximum atomic E-state index is 8.12. The van der Waals surface area contributed by atoms with Crippen molar-refractivity contribution in [2.45, 2.75) is 47.0 Å². The first kappa shape index (κ1) is 28.7. The average Bonchev–Trinajstić information content (AvgIpc) is 3.25. The first-order valence-electron chi connectivity index (χ1n) is 11.0. The average molecular weight is 475 g/mol. The number of hydrogen-bond acceptors (Lipinski definition) is 8. The van der Waals surface area contributed by atoms with Crippen LogP contribution >= 0.6 is 0 Å². The second-order valence-corrected chi connectivity index (χ2v) is 7.64. The summed E-state index contributed by atoms with van der Waals surface area (Å²) in [5.74, 6) is 0. The van der Waals surface area contributed by atoms with Crippen molar-refractivity contribution in [1.29, 1.82) is 0 Å². The van der Waals surface area contributed by atoms with Crippen LogP contribution in [-0.4, -0.2) is 23.0 Å². The fraction of sp³-hybridized carbons (Fsp3) is 0.259. The van der Waals surface area contributed by atoms with Gasteiger partial charge in [-0.05, 0) is 84.8 Å². The minimum atomic E-state index is 0.250. The van der Waals surface area contributed by atoms with Gasteiger partial charge in [0.25, 0.3) is 0 Å². The van der Waals surface area contributed by atoms with E-state index in [1.54, 1.807) is 0 Å². The molecule has 0 saturated heterocycles. The van der Waals surface area contributed by atoms with Crippen LogP contribution in [0.25, 0.3) is 0 Å². The highest BCUT2D eigenvalue weighted by Crippen LogP contribution is 2.31. The van der Waals surface area contributed by atoms with E-state index >= 15 is 0 Å². The van der Waals surface area contributed by atoms with Crippen molar-refractivity contribution < 1.29 is 19.2 Å². The lowest BCUT2D eigenvalue weighted by Gasteiger charge is -2.06. The summed E-state index contributed by atoms with van der Waals surface area (Å²) in [4.78, 5) is 41.6. The predicted octanol–water partition coefficient (Wildman–Crippen LogP) is 4.18. The van der Waals surface area contributed by atoms with Crippen LogP contribution in [0.5, 0.6) is 0 Å². The quantitative estimate of drug-likeness (QED) is 0.541. The molecular weight excluding hydrogens is 444 g/mol. The first-order chi connectivity index (χ1) is 16.8. The van der Waals surface area contributed by atoms with E-state index in [1.807, 2.05) is 36.5 Å². The lowest BCUT2D eigenvalue weighted by molar-refractivity contribution is -0.193. The van der Waals surface area contributed by atoms with Gasteiger partial charge in [0.15, 0.2) is 0 Å². The molecule has 4 N–H and O–H groups in total. The number of rotatable bonds is 3. The SMILES string of the molecule is CCc1cc(N)c(N)cc1C.CCc1cc2c(cc1C)N=C(c1ccccn1)C2.O=C=O.O=C=O. The first-order valence-corrected chi connectivity index (χ1v) is 11.0. The summed E-state index contributed by atoms with van der Waals surface area (Å²) in [6, 6.07) is 14.3. The van der Waals surface area contributed by atoms with E-state index < -0.39 is 0 Å². The molecule has 0 spiro atoms. The maximum Gasteiger partial charge on any atom is 0.373 e. The zero-order valence-electron chi connectivity index (χ0n) is 20.4. The number of pyridine rings is 1. The Labute approximate surface area is 205 Å². The Hall–Kier alpha value is -4.38. The number of anilines is 2. The molecule has 8 heteroatoms. The summed E-state index contributed by atoms with van der Waals surface area (Å²) in [6.45, 7) is 8.52. The van der Waals surface area contributed by atoms with Gasteiger partial charge >= 0.3 is 12.3 Å². The van der Waals surface area contributed by atoms with Crippen LogP contribution in [0.4, 0.5) is 17.1 Å². The molecule has 0 atom stereocenters. The third kappa shape index (κ3) is 8.48. The van der Waals surface area contributed by atoms with E-state index in [4.69, 9.17) is 35.6 Å². The molecule has 0 amide bonds. The lowest BCUT2D eigenvalue weighted by atomic mass is 9.99. The zero-order chi connectivity index (χ0) is 26.4. The predicted molar refractivity (Wildman–Crippen MR) is 134 cm³/mol. The molecule has 8 nitrogen and oxygen atoms in total. The third-order valence-corrected chi connectivity index (χ3v) is 5.41. The summed E-state index contributed by atoms with van der Waals surface area (Å²) in [7, 11) is 0. The Balaban J connectivity index is 0.000000308. The fourth-order valence-corrected chi connectivity index (χ4v) is 3.64. The van der Waals surface area contributed by atoms with E-state index in [0.29, 0.717) is 11.4 Å². The molecule has 0 fully saturated rings. The molecule has 4 rings (SSSR count). The van der Waals surface area contributed by atoms with E-state index in [2.05, 4.69) is 44.8 Å². The van der Waals surface area contributed by atoms with Gasteiger partial charge in [0.05, 0.1) is 28.5 Å². The highest BCUT2D eigenvalue weighted by Gasteiger charge is 2.17. The second-order valence-electron chi connectivity index (χ2n) is 7.64. The van der Waals surface area contributed by atoms with Crippen LogP contribution < -0.4 is 11.5 Å².